The Labute approximate surface area is 188 Å². The lowest BCUT2D eigenvalue weighted by Crippen LogP contribution is -2.63. The SMILES string of the molecule is CO[C@H]1O[C@H](CO[C@H]2O[C@H](CO)[C@@H](O)[C@H](O)[C@@H]2O)[C@@H](O)[C@H](O)[C@@H]1O[C@@H]1OC[C@@H](O)[C@H](O)[C@H]1O. The normalized spacial score (nSPS) is 51.5. The van der Waals surface area contributed by atoms with Gasteiger partial charge < -0.3 is 74.4 Å². The fourth-order valence-electron chi connectivity index (χ4n) is 3.83. The highest BCUT2D eigenvalue weighted by Crippen LogP contribution is 2.29. The maximum Gasteiger partial charge on any atom is 0.186 e. The summed E-state index contributed by atoms with van der Waals surface area (Å²) in [4.78, 5) is 0. The first-order chi connectivity index (χ1) is 15.6. The smallest absolute Gasteiger partial charge is 0.186 e. The number of aliphatic hydroxyl groups is 9. The van der Waals surface area contributed by atoms with Crippen molar-refractivity contribution in [2.45, 2.75) is 86.0 Å². The third-order valence-corrected chi connectivity index (χ3v) is 5.90. The molecule has 0 bridgehead atoms. The molecule has 15 nitrogen and oxygen atoms in total. The molecule has 3 rings (SSSR count). The van der Waals surface area contributed by atoms with Gasteiger partial charge in [-0.05, 0) is 0 Å². The second-order valence-corrected chi connectivity index (χ2v) is 8.14. The number of aliphatic hydroxyl groups excluding tert-OH is 9. The van der Waals surface area contributed by atoms with Crippen LogP contribution < -0.4 is 0 Å². The predicted octanol–water partition coefficient (Wildman–Crippen LogP) is -6.28. The fraction of sp³-hybridized carbons (Fsp3) is 1.00. The summed E-state index contributed by atoms with van der Waals surface area (Å²) in [6, 6.07) is 0. The summed E-state index contributed by atoms with van der Waals surface area (Å²) < 4.78 is 31.9. The van der Waals surface area contributed by atoms with Crippen molar-refractivity contribution in [3.05, 3.63) is 0 Å². The molecule has 3 heterocycles. The molecule has 3 fully saturated rings. The molecule has 14 atom stereocenters. The Bertz CT molecular complexity index is 607. The lowest BCUT2D eigenvalue weighted by Gasteiger charge is -2.45. The quantitative estimate of drug-likeness (QED) is 0.162. The molecule has 33 heavy (non-hydrogen) atoms. The van der Waals surface area contributed by atoms with Crippen LogP contribution in [-0.2, 0) is 28.4 Å². The van der Waals surface area contributed by atoms with Gasteiger partial charge in [-0.2, -0.15) is 0 Å². The highest BCUT2D eigenvalue weighted by Gasteiger charge is 2.50. The minimum absolute atomic E-state index is 0.345. The van der Waals surface area contributed by atoms with E-state index in [1.807, 2.05) is 0 Å². The van der Waals surface area contributed by atoms with E-state index in [4.69, 9.17) is 28.4 Å². The second kappa shape index (κ2) is 11.4. The molecule has 0 aromatic carbocycles. The van der Waals surface area contributed by atoms with Crippen molar-refractivity contribution in [3.63, 3.8) is 0 Å². The first kappa shape index (κ1) is 27.0. The van der Waals surface area contributed by atoms with Gasteiger partial charge in [0.15, 0.2) is 18.9 Å². The van der Waals surface area contributed by atoms with Gasteiger partial charge in [0.1, 0.15) is 67.1 Å². The van der Waals surface area contributed by atoms with Gasteiger partial charge in [-0.15, -0.1) is 0 Å². The van der Waals surface area contributed by atoms with E-state index in [0.717, 1.165) is 0 Å². The topological polar surface area (TPSA) is 237 Å². The summed E-state index contributed by atoms with van der Waals surface area (Å²) in [5, 5.41) is 89.3. The molecule has 15 heteroatoms. The third-order valence-electron chi connectivity index (χ3n) is 5.90. The Kier molecular flexibility index (Phi) is 9.35. The van der Waals surface area contributed by atoms with Gasteiger partial charge in [-0.1, -0.05) is 0 Å². The Hall–Kier alpha value is -0.600. The average Bonchev–Trinajstić information content (AvgIpc) is 2.81. The molecule has 3 saturated heterocycles. The molecule has 0 aliphatic carbocycles. The Morgan fingerprint density at radius 2 is 1.30 bits per heavy atom. The summed E-state index contributed by atoms with van der Waals surface area (Å²) >= 11 is 0. The highest BCUT2D eigenvalue weighted by atomic mass is 16.8. The lowest BCUT2D eigenvalue weighted by atomic mass is 9.98. The molecule has 194 valence electrons. The van der Waals surface area contributed by atoms with E-state index in [2.05, 4.69) is 0 Å². The van der Waals surface area contributed by atoms with E-state index in [9.17, 15) is 46.0 Å². The first-order valence-electron chi connectivity index (χ1n) is 10.4. The average molecular weight is 488 g/mol. The molecule has 0 aromatic rings. The molecule has 0 radical (unpaired) electrons. The van der Waals surface area contributed by atoms with Gasteiger partial charge in [-0.25, -0.2) is 0 Å². The standard InChI is InChI=1S/C18H32O15/c1-28-18-15(33-17-13(26)8(21)5(20)3-29-17)12(25)10(23)7(32-18)4-30-16-14(27)11(24)9(22)6(2-19)31-16/h5-27H,2-4H2,1H3/t5-,6-,7-,8+,9-,10-,11+,12+,13-,14+,15+,16+,17+,18+/m1/s1. The van der Waals surface area contributed by atoms with Crippen LogP contribution in [0, 0.1) is 0 Å². The van der Waals surface area contributed by atoms with Crippen molar-refractivity contribution in [2.75, 3.05) is 26.9 Å². The van der Waals surface area contributed by atoms with Crippen LogP contribution >= 0.6 is 0 Å². The minimum atomic E-state index is -1.67. The van der Waals surface area contributed by atoms with E-state index in [1.54, 1.807) is 0 Å². The summed E-state index contributed by atoms with van der Waals surface area (Å²) in [5.41, 5.74) is 0. The zero-order valence-corrected chi connectivity index (χ0v) is 17.7. The molecule has 9 N–H and O–H groups in total. The van der Waals surface area contributed by atoms with Gasteiger partial charge in [-0.3, -0.25) is 0 Å². The number of hydrogen-bond acceptors (Lipinski definition) is 15. The van der Waals surface area contributed by atoms with Crippen LogP contribution in [0.3, 0.4) is 0 Å². The molecule has 3 aliphatic heterocycles. The van der Waals surface area contributed by atoms with Gasteiger partial charge in [0, 0.05) is 7.11 Å². The molecular weight excluding hydrogens is 456 g/mol. The maximum atomic E-state index is 10.6. The summed E-state index contributed by atoms with van der Waals surface area (Å²) in [7, 11) is 1.22. The van der Waals surface area contributed by atoms with Crippen LogP contribution in [0.4, 0.5) is 0 Å². The van der Waals surface area contributed by atoms with E-state index in [1.165, 1.54) is 7.11 Å². The van der Waals surface area contributed by atoms with Crippen molar-refractivity contribution in [1.29, 1.82) is 0 Å². The number of ether oxygens (including phenoxy) is 6. The summed E-state index contributed by atoms with van der Waals surface area (Å²) in [5.74, 6) is 0. The summed E-state index contributed by atoms with van der Waals surface area (Å²) in [6.07, 6.45) is -20.8. The molecule has 0 unspecified atom stereocenters. The van der Waals surface area contributed by atoms with E-state index >= 15 is 0 Å². The van der Waals surface area contributed by atoms with Crippen molar-refractivity contribution in [1.82, 2.24) is 0 Å². The van der Waals surface area contributed by atoms with Crippen molar-refractivity contribution < 1.29 is 74.4 Å². The van der Waals surface area contributed by atoms with Crippen LogP contribution in [0.25, 0.3) is 0 Å². The van der Waals surface area contributed by atoms with Crippen molar-refractivity contribution >= 4 is 0 Å². The Morgan fingerprint density at radius 1 is 0.697 bits per heavy atom. The highest BCUT2D eigenvalue weighted by molar-refractivity contribution is 4.93. The molecule has 0 saturated carbocycles. The second-order valence-electron chi connectivity index (χ2n) is 8.14. The first-order valence-corrected chi connectivity index (χ1v) is 10.4. The molecule has 0 aromatic heterocycles. The zero-order valence-electron chi connectivity index (χ0n) is 17.7. The van der Waals surface area contributed by atoms with E-state index in [0.29, 0.717) is 0 Å². The van der Waals surface area contributed by atoms with Crippen LogP contribution in [0.2, 0.25) is 0 Å². The molecular formula is C18H32O15. The van der Waals surface area contributed by atoms with Crippen LogP contribution in [0.1, 0.15) is 0 Å². The van der Waals surface area contributed by atoms with Crippen molar-refractivity contribution in [2.24, 2.45) is 0 Å². The van der Waals surface area contributed by atoms with Crippen LogP contribution in [-0.4, -0.2) is 159 Å². The Morgan fingerprint density at radius 3 is 1.94 bits per heavy atom. The lowest BCUT2D eigenvalue weighted by molar-refractivity contribution is -0.360. The summed E-state index contributed by atoms with van der Waals surface area (Å²) in [6.45, 7) is -1.47. The van der Waals surface area contributed by atoms with Crippen LogP contribution in [0.5, 0.6) is 0 Å². The number of methoxy groups -OCH3 is 1. The predicted molar refractivity (Wildman–Crippen MR) is 100 cm³/mol. The minimum Gasteiger partial charge on any atom is -0.394 e. The van der Waals surface area contributed by atoms with Gasteiger partial charge in [0.25, 0.3) is 0 Å². The van der Waals surface area contributed by atoms with Crippen LogP contribution in [0.15, 0.2) is 0 Å². The third kappa shape index (κ3) is 5.64. The number of hydrogen-bond donors (Lipinski definition) is 9. The zero-order chi connectivity index (χ0) is 24.4. The molecule has 0 spiro atoms. The van der Waals surface area contributed by atoms with Crippen molar-refractivity contribution in [3.8, 4) is 0 Å². The maximum absolute atomic E-state index is 10.6. The van der Waals surface area contributed by atoms with E-state index in [-0.39, 0.29) is 6.61 Å². The Balaban J connectivity index is 1.61. The van der Waals surface area contributed by atoms with Gasteiger partial charge in [0.05, 0.1) is 19.8 Å². The molecule has 3 aliphatic rings. The largest absolute Gasteiger partial charge is 0.394 e. The van der Waals surface area contributed by atoms with Gasteiger partial charge >= 0.3 is 0 Å². The number of rotatable bonds is 7. The van der Waals surface area contributed by atoms with Gasteiger partial charge in [0.2, 0.25) is 0 Å². The molecule has 0 amide bonds. The monoisotopic (exact) mass is 488 g/mol. The fourth-order valence-corrected chi connectivity index (χ4v) is 3.83. The van der Waals surface area contributed by atoms with E-state index < -0.39 is 99.2 Å².